The molecule has 0 aliphatic carbocycles. The van der Waals surface area contributed by atoms with Crippen molar-refractivity contribution in [3.05, 3.63) is 40.2 Å². The van der Waals surface area contributed by atoms with Gasteiger partial charge in [-0.05, 0) is 36.9 Å². The number of nitrogen functional groups attached to an aromatic ring is 1. The molecular weight excluding hydrogens is 218 g/mol. The molecule has 16 heavy (non-hydrogen) atoms. The number of aryl methyl sites for hydroxylation is 1. The summed E-state index contributed by atoms with van der Waals surface area (Å²) in [5, 5.41) is 5.46. The van der Waals surface area contributed by atoms with Gasteiger partial charge in [0.25, 0.3) is 0 Å². The van der Waals surface area contributed by atoms with Gasteiger partial charge in [-0.25, -0.2) is 4.98 Å². The first-order chi connectivity index (χ1) is 7.66. The zero-order valence-corrected chi connectivity index (χ0v) is 10.2. The second kappa shape index (κ2) is 4.53. The number of nitrogens with zero attached hydrogens (tertiary/aromatic N) is 1. The number of nitrogens with one attached hydrogen (secondary N) is 1. The Morgan fingerprint density at radius 2 is 2.31 bits per heavy atom. The van der Waals surface area contributed by atoms with E-state index in [-0.39, 0.29) is 6.04 Å². The monoisotopic (exact) mass is 233 g/mol. The third-order valence-electron chi connectivity index (χ3n) is 2.42. The quantitative estimate of drug-likeness (QED) is 0.856. The standard InChI is InChI=1S/C12H15N3S/c1-8-6-10(13)7-14-12(8)15-9(2)11-4-3-5-16-11/h3-7,9H,13H2,1-2H3,(H,14,15). The first-order valence-corrected chi connectivity index (χ1v) is 6.07. The van der Waals surface area contributed by atoms with Crippen LogP contribution in [-0.2, 0) is 0 Å². The van der Waals surface area contributed by atoms with Crippen molar-refractivity contribution in [1.82, 2.24) is 4.98 Å². The fourth-order valence-electron chi connectivity index (χ4n) is 1.56. The zero-order chi connectivity index (χ0) is 11.5. The molecule has 0 radical (unpaired) electrons. The highest BCUT2D eigenvalue weighted by atomic mass is 32.1. The van der Waals surface area contributed by atoms with Gasteiger partial charge in [0.1, 0.15) is 5.82 Å². The largest absolute Gasteiger partial charge is 0.397 e. The molecule has 3 nitrogen and oxygen atoms in total. The molecule has 2 aromatic rings. The van der Waals surface area contributed by atoms with Crippen LogP contribution in [0.3, 0.4) is 0 Å². The van der Waals surface area contributed by atoms with E-state index in [1.54, 1.807) is 17.5 Å². The number of nitrogens with two attached hydrogens (primary N) is 1. The van der Waals surface area contributed by atoms with Crippen LogP contribution in [0.15, 0.2) is 29.8 Å². The van der Waals surface area contributed by atoms with E-state index in [1.165, 1.54) is 4.88 Å². The number of pyridine rings is 1. The van der Waals surface area contributed by atoms with Crippen molar-refractivity contribution in [1.29, 1.82) is 0 Å². The Hall–Kier alpha value is -1.55. The highest BCUT2D eigenvalue weighted by molar-refractivity contribution is 7.10. The maximum absolute atomic E-state index is 5.66. The molecule has 2 rings (SSSR count). The minimum Gasteiger partial charge on any atom is -0.397 e. The number of hydrogen-bond donors (Lipinski definition) is 2. The van der Waals surface area contributed by atoms with Gasteiger partial charge >= 0.3 is 0 Å². The number of aromatic nitrogens is 1. The molecule has 0 bridgehead atoms. The van der Waals surface area contributed by atoms with E-state index >= 15 is 0 Å². The summed E-state index contributed by atoms with van der Waals surface area (Å²) in [5.41, 5.74) is 7.44. The van der Waals surface area contributed by atoms with Gasteiger partial charge in [-0.2, -0.15) is 0 Å². The van der Waals surface area contributed by atoms with Gasteiger partial charge in [0, 0.05) is 4.88 Å². The van der Waals surface area contributed by atoms with E-state index in [0.29, 0.717) is 5.69 Å². The fourth-order valence-corrected chi connectivity index (χ4v) is 2.30. The third-order valence-corrected chi connectivity index (χ3v) is 3.48. The van der Waals surface area contributed by atoms with Crippen LogP contribution in [0.25, 0.3) is 0 Å². The third kappa shape index (κ3) is 2.33. The van der Waals surface area contributed by atoms with Crippen LogP contribution in [0.2, 0.25) is 0 Å². The van der Waals surface area contributed by atoms with Crippen molar-refractivity contribution < 1.29 is 0 Å². The molecule has 0 fully saturated rings. The average molecular weight is 233 g/mol. The van der Waals surface area contributed by atoms with E-state index in [1.807, 2.05) is 13.0 Å². The van der Waals surface area contributed by atoms with E-state index in [0.717, 1.165) is 11.4 Å². The van der Waals surface area contributed by atoms with Gasteiger partial charge in [-0.1, -0.05) is 6.07 Å². The Morgan fingerprint density at radius 3 is 2.94 bits per heavy atom. The number of hydrogen-bond acceptors (Lipinski definition) is 4. The Kier molecular flexibility index (Phi) is 3.10. The first kappa shape index (κ1) is 11.0. The van der Waals surface area contributed by atoms with E-state index in [2.05, 4.69) is 34.7 Å². The molecule has 0 aliphatic rings. The molecule has 0 aliphatic heterocycles. The average Bonchev–Trinajstić information content (AvgIpc) is 2.75. The molecule has 1 atom stereocenters. The minimum atomic E-state index is 0.273. The highest BCUT2D eigenvalue weighted by Crippen LogP contribution is 2.24. The van der Waals surface area contributed by atoms with Crippen LogP contribution in [0.4, 0.5) is 11.5 Å². The summed E-state index contributed by atoms with van der Waals surface area (Å²) in [6, 6.07) is 6.38. The summed E-state index contributed by atoms with van der Waals surface area (Å²) < 4.78 is 0. The van der Waals surface area contributed by atoms with Crippen LogP contribution in [0, 0.1) is 6.92 Å². The Morgan fingerprint density at radius 1 is 1.50 bits per heavy atom. The SMILES string of the molecule is Cc1cc(N)cnc1NC(C)c1cccs1. The summed E-state index contributed by atoms with van der Waals surface area (Å²) in [4.78, 5) is 5.60. The number of anilines is 2. The smallest absolute Gasteiger partial charge is 0.129 e. The summed E-state index contributed by atoms with van der Waals surface area (Å²) in [6.07, 6.45) is 1.68. The topological polar surface area (TPSA) is 50.9 Å². The lowest BCUT2D eigenvalue weighted by Gasteiger charge is -2.14. The number of rotatable bonds is 3. The predicted octanol–water partition coefficient (Wildman–Crippen LogP) is 3.21. The summed E-state index contributed by atoms with van der Waals surface area (Å²) >= 11 is 1.74. The number of thiophene rings is 1. The molecule has 2 aromatic heterocycles. The lowest BCUT2D eigenvalue weighted by Crippen LogP contribution is -2.08. The fraction of sp³-hybridized carbons (Fsp3) is 0.250. The second-order valence-corrected chi connectivity index (χ2v) is 4.79. The van der Waals surface area contributed by atoms with Crippen LogP contribution in [-0.4, -0.2) is 4.98 Å². The van der Waals surface area contributed by atoms with E-state index in [9.17, 15) is 0 Å². The molecule has 0 aromatic carbocycles. The van der Waals surface area contributed by atoms with Crippen LogP contribution < -0.4 is 11.1 Å². The molecule has 1 unspecified atom stereocenters. The van der Waals surface area contributed by atoms with Gasteiger partial charge in [-0.3, -0.25) is 0 Å². The van der Waals surface area contributed by atoms with Crippen molar-refractivity contribution in [2.75, 3.05) is 11.1 Å². The molecule has 0 saturated carbocycles. The normalized spacial score (nSPS) is 12.4. The lowest BCUT2D eigenvalue weighted by molar-refractivity contribution is 0.893. The second-order valence-electron chi connectivity index (χ2n) is 3.82. The van der Waals surface area contributed by atoms with E-state index in [4.69, 9.17) is 5.73 Å². The lowest BCUT2D eigenvalue weighted by atomic mass is 10.2. The zero-order valence-electron chi connectivity index (χ0n) is 9.40. The molecule has 2 heterocycles. The Balaban J connectivity index is 2.15. The van der Waals surface area contributed by atoms with Crippen molar-refractivity contribution in [3.63, 3.8) is 0 Å². The van der Waals surface area contributed by atoms with Crippen LogP contribution >= 0.6 is 11.3 Å². The van der Waals surface area contributed by atoms with Gasteiger partial charge in [-0.15, -0.1) is 11.3 Å². The predicted molar refractivity (Wildman–Crippen MR) is 69.7 cm³/mol. The van der Waals surface area contributed by atoms with Gasteiger partial charge in [0.15, 0.2) is 0 Å². The molecule has 84 valence electrons. The Bertz CT molecular complexity index is 465. The van der Waals surface area contributed by atoms with Crippen molar-refractivity contribution >= 4 is 22.8 Å². The van der Waals surface area contributed by atoms with Crippen molar-refractivity contribution in [2.45, 2.75) is 19.9 Å². The molecule has 0 amide bonds. The minimum absolute atomic E-state index is 0.273. The van der Waals surface area contributed by atoms with Crippen LogP contribution in [0.1, 0.15) is 23.4 Å². The summed E-state index contributed by atoms with van der Waals surface area (Å²) in [7, 11) is 0. The van der Waals surface area contributed by atoms with E-state index < -0.39 is 0 Å². The molecular formula is C12H15N3S. The molecule has 3 N–H and O–H groups in total. The van der Waals surface area contributed by atoms with Gasteiger partial charge < -0.3 is 11.1 Å². The van der Waals surface area contributed by atoms with Crippen molar-refractivity contribution in [3.8, 4) is 0 Å². The molecule has 0 spiro atoms. The van der Waals surface area contributed by atoms with Crippen molar-refractivity contribution in [2.24, 2.45) is 0 Å². The summed E-state index contributed by atoms with van der Waals surface area (Å²) in [6.45, 7) is 4.14. The van der Waals surface area contributed by atoms with Crippen LogP contribution in [0.5, 0.6) is 0 Å². The first-order valence-electron chi connectivity index (χ1n) is 5.19. The summed E-state index contributed by atoms with van der Waals surface area (Å²) in [5.74, 6) is 0.898. The molecule has 4 heteroatoms. The van der Waals surface area contributed by atoms with Gasteiger partial charge in [0.2, 0.25) is 0 Å². The molecule has 0 saturated heterocycles. The highest BCUT2D eigenvalue weighted by Gasteiger charge is 2.08. The van der Waals surface area contributed by atoms with Gasteiger partial charge in [0.05, 0.1) is 17.9 Å². The maximum atomic E-state index is 5.66. The maximum Gasteiger partial charge on any atom is 0.129 e. The Labute approximate surface area is 99.3 Å².